The molecular formula is C16H26N2O. The molecule has 0 spiro atoms. The largest absolute Gasteiger partial charge is 0.495 e. The number of pyridine rings is 1. The number of hydrogen-bond acceptors (Lipinski definition) is 3. The van der Waals surface area contributed by atoms with Crippen molar-refractivity contribution in [3.63, 3.8) is 0 Å². The van der Waals surface area contributed by atoms with E-state index in [0.29, 0.717) is 6.04 Å². The van der Waals surface area contributed by atoms with E-state index in [9.17, 15) is 0 Å². The van der Waals surface area contributed by atoms with Crippen LogP contribution in [0.3, 0.4) is 0 Å². The van der Waals surface area contributed by atoms with Gasteiger partial charge >= 0.3 is 0 Å². The average Bonchev–Trinajstić information content (AvgIpc) is 2.86. The number of ether oxygens (including phenoxy) is 1. The second kappa shape index (κ2) is 6.90. The molecule has 0 bridgehead atoms. The molecule has 1 N–H and O–H groups in total. The van der Waals surface area contributed by atoms with Crippen molar-refractivity contribution in [1.29, 1.82) is 0 Å². The summed E-state index contributed by atoms with van der Waals surface area (Å²) in [7, 11) is 1.70. The molecule has 0 saturated heterocycles. The molecule has 1 aromatic heterocycles. The van der Waals surface area contributed by atoms with Crippen molar-refractivity contribution in [3.8, 4) is 5.75 Å². The van der Waals surface area contributed by atoms with Crippen molar-refractivity contribution in [2.45, 2.75) is 45.6 Å². The van der Waals surface area contributed by atoms with Crippen molar-refractivity contribution in [2.24, 2.45) is 11.8 Å². The summed E-state index contributed by atoms with van der Waals surface area (Å²) in [5.74, 6) is 2.44. The Kier molecular flexibility index (Phi) is 5.20. The second-order valence-corrected chi connectivity index (χ2v) is 5.77. The van der Waals surface area contributed by atoms with Gasteiger partial charge in [-0.2, -0.15) is 0 Å². The van der Waals surface area contributed by atoms with Crippen LogP contribution in [0.2, 0.25) is 0 Å². The van der Waals surface area contributed by atoms with Gasteiger partial charge in [0.15, 0.2) is 0 Å². The number of aromatic nitrogens is 1. The number of rotatable bonds is 6. The Balaban J connectivity index is 2.15. The van der Waals surface area contributed by atoms with Crippen LogP contribution >= 0.6 is 0 Å². The molecule has 0 aromatic carbocycles. The van der Waals surface area contributed by atoms with Crippen molar-refractivity contribution in [3.05, 3.63) is 24.0 Å². The van der Waals surface area contributed by atoms with Crippen molar-refractivity contribution in [1.82, 2.24) is 10.3 Å². The molecule has 106 valence electrons. The van der Waals surface area contributed by atoms with Gasteiger partial charge in [0.1, 0.15) is 5.75 Å². The molecule has 3 unspecified atom stereocenters. The van der Waals surface area contributed by atoms with Crippen LogP contribution in [0, 0.1) is 11.8 Å². The fourth-order valence-corrected chi connectivity index (χ4v) is 3.13. The predicted octanol–water partition coefficient (Wildman–Crippen LogP) is 3.57. The molecule has 1 heterocycles. The molecule has 1 saturated carbocycles. The van der Waals surface area contributed by atoms with E-state index < -0.39 is 0 Å². The molecule has 0 aliphatic heterocycles. The third kappa shape index (κ3) is 3.69. The smallest absolute Gasteiger partial charge is 0.137 e. The topological polar surface area (TPSA) is 34.2 Å². The van der Waals surface area contributed by atoms with Gasteiger partial charge in [-0.25, -0.2) is 0 Å². The van der Waals surface area contributed by atoms with Crippen molar-refractivity contribution in [2.75, 3.05) is 13.7 Å². The molecule has 19 heavy (non-hydrogen) atoms. The summed E-state index contributed by atoms with van der Waals surface area (Å²) in [6, 6.07) is 2.55. The first kappa shape index (κ1) is 14.3. The SMILES string of the molecule is CCCNC(c1cncc(OC)c1)C1CCC(C)C1. The van der Waals surface area contributed by atoms with Gasteiger partial charge in [-0.05, 0) is 49.3 Å². The molecule has 3 nitrogen and oxygen atoms in total. The molecule has 2 rings (SSSR count). The highest BCUT2D eigenvalue weighted by Gasteiger charge is 2.29. The lowest BCUT2D eigenvalue weighted by Crippen LogP contribution is -2.28. The summed E-state index contributed by atoms with van der Waals surface area (Å²) in [5, 5.41) is 3.70. The van der Waals surface area contributed by atoms with E-state index in [4.69, 9.17) is 4.74 Å². The molecule has 0 radical (unpaired) electrons. The summed E-state index contributed by atoms with van der Waals surface area (Å²) in [5.41, 5.74) is 1.27. The molecule has 1 fully saturated rings. The van der Waals surface area contributed by atoms with Gasteiger partial charge < -0.3 is 10.1 Å². The van der Waals surface area contributed by atoms with Crippen LogP contribution in [0.25, 0.3) is 0 Å². The number of nitrogens with zero attached hydrogens (tertiary/aromatic N) is 1. The summed E-state index contributed by atoms with van der Waals surface area (Å²) in [4.78, 5) is 4.31. The zero-order valence-corrected chi connectivity index (χ0v) is 12.4. The molecule has 3 atom stereocenters. The molecule has 1 aliphatic rings. The molecular weight excluding hydrogens is 236 g/mol. The van der Waals surface area contributed by atoms with Gasteiger partial charge in [0.25, 0.3) is 0 Å². The minimum Gasteiger partial charge on any atom is -0.495 e. The van der Waals surface area contributed by atoms with E-state index in [1.807, 2.05) is 6.20 Å². The third-order valence-electron chi connectivity index (χ3n) is 4.15. The monoisotopic (exact) mass is 262 g/mol. The van der Waals surface area contributed by atoms with E-state index >= 15 is 0 Å². The van der Waals surface area contributed by atoms with E-state index in [1.165, 1.54) is 24.8 Å². The Bertz CT molecular complexity index is 394. The van der Waals surface area contributed by atoms with Crippen LogP contribution < -0.4 is 10.1 Å². The van der Waals surface area contributed by atoms with Crippen LogP contribution in [0.5, 0.6) is 5.75 Å². The first-order valence-corrected chi connectivity index (χ1v) is 7.47. The first-order valence-electron chi connectivity index (χ1n) is 7.47. The highest BCUT2D eigenvalue weighted by atomic mass is 16.5. The Morgan fingerprint density at radius 1 is 1.42 bits per heavy atom. The fourth-order valence-electron chi connectivity index (χ4n) is 3.13. The van der Waals surface area contributed by atoms with Crippen LogP contribution in [0.1, 0.15) is 51.1 Å². The summed E-state index contributed by atoms with van der Waals surface area (Å²) >= 11 is 0. The normalized spacial score (nSPS) is 24.4. The molecule has 1 aliphatic carbocycles. The summed E-state index contributed by atoms with van der Waals surface area (Å²) < 4.78 is 5.30. The lowest BCUT2D eigenvalue weighted by atomic mass is 9.91. The summed E-state index contributed by atoms with van der Waals surface area (Å²) in [6.07, 6.45) is 8.91. The molecule has 0 amide bonds. The van der Waals surface area contributed by atoms with Crippen LogP contribution in [0.4, 0.5) is 0 Å². The van der Waals surface area contributed by atoms with Gasteiger partial charge in [0, 0.05) is 12.2 Å². The minimum atomic E-state index is 0.424. The zero-order valence-electron chi connectivity index (χ0n) is 12.4. The van der Waals surface area contributed by atoms with Crippen molar-refractivity contribution < 1.29 is 4.74 Å². The quantitative estimate of drug-likeness (QED) is 0.851. The van der Waals surface area contributed by atoms with Gasteiger partial charge in [-0.15, -0.1) is 0 Å². The predicted molar refractivity (Wildman–Crippen MR) is 78.3 cm³/mol. The van der Waals surface area contributed by atoms with E-state index in [-0.39, 0.29) is 0 Å². The van der Waals surface area contributed by atoms with E-state index in [2.05, 4.69) is 30.2 Å². The van der Waals surface area contributed by atoms with Crippen LogP contribution in [-0.2, 0) is 0 Å². The highest BCUT2D eigenvalue weighted by molar-refractivity contribution is 5.26. The van der Waals surface area contributed by atoms with Gasteiger partial charge in [-0.1, -0.05) is 20.3 Å². The molecule has 1 aromatic rings. The average molecular weight is 262 g/mol. The third-order valence-corrected chi connectivity index (χ3v) is 4.15. The highest BCUT2D eigenvalue weighted by Crippen LogP contribution is 2.39. The minimum absolute atomic E-state index is 0.424. The second-order valence-electron chi connectivity index (χ2n) is 5.77. The van der Waals surface area contributed by atoms with Crippen molar-refractivity contribution >= 4 is 0 Å². The summed E-state index contributed by atoms with van der Waals surface area (Å²) in [6.45, 7) is 5.64. The Morgan fingerprint density at radius 2 is 2.26 bits per heavy atom. The first-order chi connectivity index (χ1) is 9.24. The zero-order chi connectivity index (χ0) is 13.7. The maximum absolute atomic E-state index is 5.30. The lowest BCUT2D eigenvalue weighted by molar-refractivity contribution is 0.355. The van der Waals surface area contributed by atoms with E-state index in [1.54, 1.807) is 13.3 Å². The fraction of sp³-hybridized carbons (Fsp3) is 0.688. The van der Waals surface area contributed by atoms with Gasteiger partial charge in [0.05, 0.1) is 13.3 Å². The van der Waals surface area contributed by atoms with Crippen LogP contribution in [-0.4, -0.2) is 18.6 Å². The Hall–Kier alpha value is -1.09. The van der Waals surface area contributed by atoms with Gasteiger partial charge in [0.2, 0.25) is 0 Å². The van der Waals surface area contributed by atoms with Crippen LogP contribution in [0.15, 0.2) is 18.5 Å². The Morgan fingerprint density at radius 3 is 2.89 bits per heavy atom. The standard InChI is InChI=1S/C16H26N2O/c1-4-7-18-16(13-6-5-12(2)8-13)14-9-15(19-3)11-17-10-14/h9-13,16,18H,4-8H2,1-3H3. The van der Waals surface area contributed by atoms with E-state index in [0.717, 1.165) is 30.6 Å². The number of methoxy groups -OCH3 is 1. The number of hydrogen-bond donors (Lipinski definition) is 1. The Labute approximate surface area is 116 Å². The maximum Gasteiger partial charge on any atom is 0.137 e. The lowest BCUT2D eigenvalue weighted by Gasteiger charge is -2.25. The maximum atomic E-state index is 5.30. The number of nitrogens with one attached hydrogen (secondary N) is 1. The molecule has 3 heteroatoms. The van der Waals surface area contributed by atoms with Gasteiger partial charge in [-0.3, -0.25) is 4.98 Å².